The fraction of sp³-hybridized carbons (Fsp3) is 1.00. The van der Waals surface area contributed by atoms with E-state index in [1.165, 1.54) is 51.7 Å². The molecule has 1 saturated carbocycles. The molecule has 1 aliphatic rings. The molecule has 0 atom stereocenters. The van der Waals surface area contributed by atoms with E-state index in [-0.39, 0.29) is 0 Å². The minimum absolute atomic E-state index is 0.829. The normalized spacial score (nSPS) is 18.7. The third-order valence-corrected chi connectivity index (χ3v) is 2.89. The van der Waals surface area contributed by atoms with Gasteiger partial charge in [0.15, 0.2) is 0 Å². The maximum atomic E-state index is 3.63. The standard InChI is InChI=1S/C11H24N2/c1-3-9-13(2)10-8-12-11-6-4-5-7-11/h11-12H,3-10H2,1-2H3. The Balaban J connectivity index is 1.93. The van der Waals surface area contributed by atoms with Crippen molar-refractivity contribution in [3.05, 3.63) is 0 Å². The van der Waals surface area contributed by atoms with E-state index in [2.05, 4.69) is 24.2 Å². The molecule has 1 fully saturated rings. The van der Waals surface area contributed by atoms with E-state index in [4.69, 9.17) is 0 Å². The summed E-state index contributed by atoms with van der Waals surface area (Å²) in [5.41, 5.74) is 0. The van der Waals surface area contributed by atoms with Gasteiger partial charge >= 0.3 is 0 Å². The van der Waals surface area contributed by atoms with Gasteiger partial charge in [-0.1, -0.05) is 19.8 Å². The molecule has 0 aromatic carbocycles. The van der Waals surface area contributed by atoms with Crippen molar-refractivity contribution in [1.29, 1.82) is 0 Å². The summed E-state index contributed by atoms with van der Waals surface area (Å²) < 4.78 is 0. The summed E-state index contributed by atoms with van der Waals surface area (Å²) in [6.07, 6.45) is 6.93. The molecule has 0 spiro atoms. The van der Waals surface area contributed by atoms with Crippen molar-refractivity contribution >= 4 is 0 Å². The Morgan fingerprint density at radius 1 is 1.23 bits per heavy atom. The molecule has 0 saturated heterocycles. The van der Waals surface area contributed by atoms with Gasteiger partial charge in [0.1, 0.15) is 0 Å². The molecule has 13 heavy (non-hydrogen) atoms. The molecule has 2 heteroatoms. The molecule has 1 N–H and O–H groups in total. The van der Waals surface area contributed by atoms with E-state index < -0.39 is 0 Å². The number of nitrogens with zero attached hydrogens (tertiary/aromatic N) is 1. The Morgan fingerprint density at radius 3 is 2.54 bits per heavy atom. The van der Waals surface area contributed by atoms with Crippen LogP contribution in [0.25, 0.3) is 0 Å². The van der Waals surface area contributed by atoms with E-state index in [0.717, 1.165) is 6.04 Å². The van der Waals surface area contributed by atoms with E-state index in [9.17, 15) is 0 Å². The lowest BCUT2D eigenvalue weighted by Crippen LogP contribution is -2.34. The van der Waals surface area contributed by atoms with Crippen molar-refractivity contribution in [3.63, 3.8) is 0 Å². The third-order valence-electron chi connectivity index (χ3n) is 2.89. The van der Waals surface area contributed by atoms with Crippen LogP contribution in [-0.2, 0) is 0 Å². The minimum atomic E-state index is 0.829. The highest BCUT2D eigenvalue weighted by Crippen LogP contribution is 2.17. The zero-order valence-corrected chi connectivity index (χ0v) is 9.18. The molecule has 2 nitrogen and oxygen atoms in total. The van der Waals surface area contributed by atoms with Gasteiger partial charge in [0.25, 0.3) is 0 Å². The Kier molecular flexibility index (Phi) is 5.40. The molecule has 0 heterocycles. The second kappa shape index (κ2) is 6.39. The van der Waals surface area contributed by atoms with Crippen LogP contribution in [0.2, 0.25) is 0 Å². The van der Waals surface area contributed by atoms with Crippen LogP contribution < -0.4 is 5.32 Å². The summed E-state index contributed by atoms with van der Waals surface area (Å²) in [7, 11) is 2.21. The maximum Gasteiger partial charge on any atom is 0.0104 e. The highest BCUT2D eigenvalue weighted by atomic mass is 15.1. The second-order valence-electron chi connectivity index (χ2n) is 4.24. The minimum Gasteiger partial charge on any atom is -0.313 e. The van der Waals surface area contributed by atoms with Gasteiger partial charge in [-0.15, -0.1) is 0 Å². The van der Waals surface area contributed by atoms with E-state index in [1.807, 2.05) is 0 Å². The van der Waals surface area contributed by atoms with Crippen molar-refractivity contribution in [1.82, 2.24) is 10.2 Å². The van der Waals surface area contributed by atoms with E-state index >= 15 is 0 Å². The monoisotopic (exact) mass is 184 g/mol. The van der Waals surface area contributed by atoms with Crippen molar-refractivity contribution in [2.24, 2.45) is 0 Å². The molecule has 0 aliphatic heterocycles. The van der Waals surface area contributed by atoms with E-state index in [0.29, 0.717) is 0 Å². The lowest BCUT2D eigenvalue weighted by Gasteiger charge is -2.18. The van der Waals surface area contributed by atoms with Gasteiger partial charge in [0.2, 0.25) is 0 Å². The molecule has 0 radical (unpaired) electrons. The largest absolute Gasteiger partial charge is 0.313 e. The Bertz CT molecular complexity index is 119. The van der Waals surface area contributed by atoms with Crippen molar-refractivity contribution in [2.75, 3.05) is 26.7 Å². The first-order valence-electron chi connectivity index (χ1n) is 5.75. The first-order chi connectivity index (χ1) is 6.33. The van der Waals surface area contributed by atoms with Gasteiger partial charge < -0.3 is 10.2 Å². The lowest BCUT2D eigenvalue weighted by molar-refractivity contribution is 0.324. The molecule has 0 unspecified atom stereocenters. The molecule has 0 aromatic rings. The number of hydrogen-bond donors (Lipinski definition) is 1. The van der Waals surface area contributed by atoms with Crippen molar-refractivity contribution in [2.45, 2.75) is 45.1 Å². The zero-order chi connectivity index (χ0) is 9.52. The SMILES string of the molecule is CCCN(C)CCNC1CCCC1. The molecule has 0 aromatic heterocycles. The number of nitrogens with one attached hydrogen (secondary N) is 1. The zero-order valence-electron chi connectivity index (χ0n) is 9.18. The average molecular weight is 184 g/mol. The number of likely N-dealkylation sites (N-methyl/N-ethyl adjacent to an activating group) is 1. The highest BCUT2D eigenvalue weighted by Gasteiger charge is 2.13. The Morgan fingerprint density at radius 2 is 1.92 bits per heavy atom. The fourth-order valence-corrected chi connectivity index (χ4v) is 2.08. The molecule has 0 amide bonds. The average Bonchev–Trinajstić information content (AvgIpc) is 2.57. The first kappa shape index (κ1) is 11.0. The summed E-state index contributed by atoms with van der Waals surface area (Å²) in [4.78, 5) is 2.40. The van der Waals surface area contributed by atoms with Crippen LogP contribution in [0.1, 0.15) is 39.0 Å². The Hall–Kier alpha value is -0.0800. The molecular weight excluding hydrogens is 160 g/mol. The third kappa shape index (κ3) is 4.63. The fourth-order valence-electron chi connectivity index (χ4n) is 2.08. The van der Waals surface area contributed by atoms with Crippen LogP contribution in [0.4, 0.5) is 0 Å². The number of rotatable bonds is 6. The van der Waals surface area contributed by atoms with Crippen molar-refractivity contribution in [3.8, 4) is 0 Å². The summed E-state index contributed by atoms with van der Waals surface area (Å²) in [5, 5.41) is 3.63. The van der Waals surface area contributed by atoms with Crippen LogP contribution in [0, 0.1) is 0 Å². The topological polar surface area (TPSA) is 15.3 Å². The van der Waals surface area contributed by atoms with Crippen LogP contribution in [0.5, 0.6) is 0 Å². The summed E-state index contributed by atoms with van der Waals surface area (Å²) in [5.74, 6) is 0. The highest BCUT2D eigenvalue weighted by molar-refractivity contribution is 4.73. The predicted octanol–water partition coefficient (Wildman–Crippen LogP) is 1.86. The van der Waals surface area contributed by atoms with Crippen LogP contribution in [0.15, 0.2) is 0 Å². The van der Waals surface area contributed by atoms with Gasteiger partial charge in [-0.25, -0.2) is 0 Å². The molecule has 78 valence electrons. The van der Waals surface area contributed by atoms with E-state index in [1.54, 1.807) is 0 Å². The smallest absolute Gasteiger partial charge is 0.0104 e. The van der Waals surface area contributed by atoms with Gasteiger partial charge in [-0.2, -0.15) is 0 Å². The lowest BCUT2D eigenvalue weighted by atomic mass is 10.2. The summed E-state index contributed by atoms with van der Waals surface area (Å²) in [6, 6.07) is 0.829. The molecule has 1 rings (SSSR count). The maximum absolute atomic E-state index is 3.63. The summed E-state index contributed by atoms with van der Waals surface area (Å²) >= 11 is 0. The van der Waals surface area contributed by atoms with Crippen molar-refractivity contribution < 1.29 is 0 Å². The Labute approximate surface area is 82.7 Å². The molecule has 0 bridgehead atoms. The molecular formula is C11H24N2. The second-order valence-corrected chi connectivity index (χ2v) is 4.24. The number of hydrogen-bond acceptors (Lipinski definition) is 2. The predicted molar refractivity (Wildman–Crippen MR) is 58.0 cm³/mol. The van der Waals surface area contributed by atoms with Gasteiger partial charge in [0.05, 0.1) is 0 Å². The van der Waals surface area contributed by atoms with Crippen LogP contribution in [-0.4, -0.2) is 37.6 Å². The quantitative estimate of drug-likeness (QED) is 0.678. The van der Waals surface area contributed by atoms with Gasteiger partial charge in [-0.05, 0) is 32.9 Å². The van der Waals surface area contributed by atoms with Crippen LogP contribution in [0.3, 0.4) is 0 Å². The first-order valence-corrected chi connectivity index (χ1v) is 5.75. The van der Waals surface area contributed by atoms with Gasteiger partial charge in [-0.3, -0.25) is 0 Å². The molecule has 1 aliphatic carbocycles. The van der Waals surface area contributed by atoms with Gasteiger partial charge in [0, 0.05) is 19.1 Å². The summed E-state index contributed by atoms with van der Waals surface area (Å²) in [6.45, 7) is 5.83. The van der Waals surface area contributed by atoms with Crippen LogP contribution >= 0.6 is 0 Å².